The van der Waals surface area contributed by atoms with Crippen LogP contribution >= 0.6 is 7.82 Å². The maximum Gasteiger partial charge on any atom is 0.475 e. The van der Waals surface area contributed by atoms with Crippen molar-refractivity contribution in [2.75, 3.05) is 6.61 Å². The Morgan fingerprint density at radius 1 is 1.06 bits per heavy atom. The number of phosphoric acid groups is 1. The van der Waals surface area contributed by atoms with Gasteiger partial charge in [-0.05, 0) is 48.0 Å². The molecule has 5 heteroatoms. The van der Waals surface area contributed by atoms with Crippen LogP contribution in [0.25, 0.3) is 0 Å². The van der Waals surface area contributed by atoms with Gasteiger partial charge >= 0.3 is 7.82 Å². The Hall–Kier alpha value is -0.330. The second-order valence-corrected chi connectivity index (χ2v) is 7.51. The molecule has 0 amide bonds. The van der Waals surface area contributed by atoms with E-state index in [1.165, 1.54) is 0 Å². The highest BCUT2D eigenvalue weighted by Gasteiger charge is 2.36. The van der Waals surface area contributed by atoms with E-state index in [2.05, 4.69) is 5.92 Å². The van der Waals surface area contributed by atoms with Gasteiger partial charge in [0.05, 0.1) is 17.8 Å². The van der Waals surface area contributed by atoms with Crippen molar-refractivity contribution >= 4 is 7.82 Å². The molecule has 0 aromatic rings. The van der Waals surface area contributed by atoms with E-state index in [9.17, 15) is 4.57 Å². The number of unbranched alkanes of at least 4 members (excludes halogenated alkanes) is 1. The molecule has 4 nitrogen and oxygen atoms in total. The van der Waals surface area contributed by atoms with Crippen LogP contribution in [0, 0.1) is 12.3 Å². The lowest BCUT2D eigenvalue weighted by atomic mass is 10.2. The molecular weight excluding hydrogens is 251 g/mol. The fourth-order valence-electron chi connectivity index (χ4n) is 1.09. The third kappa shape index (κ3) is 9.67. The summed E-state index contributed by atoms with van der Waals surface area (Å²) in [6.45, 7) is 11.1. The monoisotopic (exact) mass is 276 g/mol. The number of rotatable bonds is 6. The van der Waals surface area contributed by atoms with Crippen molar-refractivity contribution in [1.82, 2.24) is 0 Å². The van der Waals surface area contributed by atoms with Crippen LogP contribution < -0.4 is 0 Å². The van der Waals surface area contributed by atoms with Gasteiger partial charge < -0.3 is 0 Å². The van der Waals surface area contributed by atoms with Crippen molar-refractivity contribution in [1.29, 1.82) is 0 Å². The van der Waals surface area contributed by atoms with Gasteiger partial charge in [0.25, 0.3) is 0 Å². The zero-order chi connectivity index (χ0) is 14.4. The molecule has 0 aliphatic heterocycles. The van der Waals surface area contributed by atoms with Crippen LogP contribution in [0.4, 0.5) is 0 Å². The summed E-state index contributed by atoms with van der Waals surface area (Å²) in [7, 11) is -3.57. The normalized spacial score (nSPS) is 13.4. The fourth-order valence-corrected chi connectivity index (χ4v) is 2.93. The van der Waals surface area contributed by atoms with E-state index in [-0.39, 0.29) is 6.61 Å². The largest absolute Gasteiger partial charge is 0.475 e. The average Bonchev–Trinajstić information content (AvgIpc) is 2.05. The quantitative estimate of drug-likeness (QED) is 0.415. The summed E-state index contributed by atoms with van der Waals surface area (Å²) in [5, 5.41) is 0. The summed E-state index contributed by atoms with van der Waals surface area (Å²) in [6, 6.07) is 0. The molecule has 0 radical (unpaired) electrons. The molecule has 0 N–H and O–H groups in total. The second-order valence-electron chi connectivity index (χ2n) is 6.00. The smallest absolute Gasteiger partial charge is 0.287 e. The van der Waals surface area contributed by atoms with Crippen LogP contribution in [0.3, 0.4) is 0 Å². The molecule has 0 saturated heterocycles. The molecule has 0 aliphatic carbocycles. The van der Waals surface area contributed by atoms with Gasteiger partial charge in [-0.1, -0.05) is 0 Å². The number of hydrogen-bond acceptors (Lipinski definition) is 4. The molecule has 0 spiro atoms. The summed E-state index contributed by atoms with van der Waals surface area (Å²) in [4.78, 5) is 0. The van der Waals surface area contributed by atoms with E-state index in [0.29, 0.717) is 12.8 Å². The maximum atomic E-state index is 12.5. The van der Waals surface area contributed by atoms with E-state index in [0.717, 1.165) is 0 Å². The van der Waals surface area contributed by atoms with E-state index in [1.807, 2.05) is 0 Å². The van der Waals surface area contributed by atoms with Crippen LogP contribution in [0.2, 0.25) is 0 Å². The van der Waals surface area contributed by atoms with Gasteiger partial charge in [-0.2, -0.15) is 0 Å². The van der Waals surface area contributed by atoms with Gasteiger partial charge in [-0.3, -0.25) is 13.6 Å². The van der Waals surface area contributed by atoms with E-state index >= 15 is 0 Å². The summed E-state index contributed by atoms with van der Waals surface area (Å²) >= 11 is 0. The van der Waals surface area contributed by atoms with Crippen molar-refractivity contribution in [3.8, 4) is 12.3 Å². The molecular formula is C13H25O4P. The lowest BCUT2D eigenvalue weighted by Gasteiger charge is -2.30. The summed E-state index contributed by atoms with van der Waals surface area (Å²) in [5.74, 6) is 2.50. The lowest BCUT2D eigenvalue weighted by Crippen LogP contribution is -2.24. The Labute approximate surface area is 111 Å². The average molecular weight is 276 g/mol. The lowest BCUT2D eigenvalue weighted by molar-refractivity contribution is 0.00325. The third-order valence-electron chi connectivity index (χ3n) is 1.49. The van der Waals surface area contributed by atoms with Crippen molar-refractivity contribution in [2.45, 2.75) is 65.6 Å². The summed E-state index contributed by atoms with van der Waals surface area (Å²) in [6.07, 6.45) is 6.35. The fraction of sp³-hybridized carbons (Fsp3) is 0.846. The van der Waals surface area contributed by atoms with Crippen molar-refractivity contribution < 1.29 is 18.1 Å². The SMILES string of the molecule is C#CCCCOP(=O)(OC(C)(C)C)OC(C)(C)C. The molecule has 0 aromatic heterocycles. The van der Waals surface area contributed by atoms with Crippen LogP contribution in [0.1, 0.15) is 54.4 Å². The van der Waals surface area contributed by atoms with Crippen molar-refractivity contribution in [2.24, 2.45) is 0 Å². The van der Waals surface area contributed by atoms with E-state index in [4.69, 9.17) is 20.0 Å². The molecule has 0 saturated carbocycles. The van der Waals surface area contributed by atoms with E-state index < -0.39 is 19.0 Å². The Morgan fingerprint density at radius 2 is 1.50 bits per heavy atom. The highest BCUT2D eigenvalue weighted by Crippen LogP contribution is 2.55. The molecule has 0 heterocycles. The van der Waals surface area contributed by atoms with Gasteiger partial charge in [-0.25, -0.2) is 4.57 Å². The molecule has 0 fully saturated rings. The van der Waals surface area contributed by atoms with E-state index in [1.54, 1.807) is 41.5 Å². The Morgan fingerprint density at radius 3 is 1.83 bits per heavy atom. The maximum absolute atomic E-state index is 12.5. The first-order chi connectivity index (χ1) is 7.97. The highest BCUT2D eigenvalue weighted by molar-refractivity contribution is 7.48. The molecule has 0 rings (SSSR count). The first kappa shape index (κ1) is 17.7. The molecule has 18 heavy (non-hydrogen) atoms. The Kier molecular flexibility index (Phi) is 6.60. The first-order valence-corrected chi connectivity index (χ1v) is 7.53. The molecule has 0 bridgehead atoms. The zero-order valence-electron chi connectivity index (χ0n) is 12.3. The van der Waals surface area contributed by atoms with Gasteiger partial charge in [0.2, 0.25) is 0 Å². The minimum Gasteiger partial charge on any atom is -0.287 e. The predicted octanol–water partition coefficient (Wildman–Crippen LogP) is 4.15. The number of hydrogen-bond donors (Lipinski definition) is 0. The standard InChI is InChI=1S/C13H25O4P/c1-8-9-10-11-15-18(14,16-12(2,3)4)17-13(5,6)7/h1H,9-11H2,2-7H3. The molecule has 0 atom stereocenters. The summed E-state index contributed by atoms with van der Waals surface area (Å²) < 4.78 is 28.7. The predicted molar refractivity (Wildman–Crippen MR) is 73.3 cm³/mol. The first-order valence-electron chi connectivity index (χ1n) is 6.07. The van der Waals surface area contributed by atoms with Gasteiger partial charge in [0.15, 0.2) is 0 Å². The molecule has 106 valence electrons. The third-order valence-corrected chi connectivity index (χ3v) is 3.53. The molecule has 0 unspecified atom stereocenters. The Balaban J connectivity index is 4.62. The van der Waals surface area contributed by atoms with Crippen molar-refractivity contribution in [3.05, 3.63) is 0 Å². The van der Waals surface area contributed by atoms with Gasteiger partial charge in [-0.15, -0.1) is 12.3 Å². The van der Waals surface area contributed by atoms with Gasteiger partial charge in [0.1, 0.15) is 0 Å². The highest BCUT2D eigenvalue weighted by atomic mass is 31.2. The molecule has 0 aromatic carbocycles. The minimum atomic E-state index is -3.57. The number of terminal acetylenes is 1. The Bertz CT molecular complexity index is 310. The number of phosphoric ester groups is 1. The minimum absolute atomic E-state index is 0.258. The zero-order valence-corrected chi connectivity index (χ0v) is 13.2. The summed E-state index contributed by atoms with van der Waals surface area (Å²) in [5.41, 5.74) is -1.21. The van der Waals surface area contributed by atoms with Crippen LogP contribution in [0.15, 0.2) is 0 Å². The van der Waals surface area contributed by atoms with Gasteiger partial charge in [0, 0.05) is 6.42 Å². The van der Waals surface area contributed by atoms with Crippen LogP contribution in [-0.4, -0.2) is 17.8 Å². The topological polar surface area (TPSA) is 44.8 Å². The molecule has 0 aliphatic rings. The van der Waals surface area contributed by atoms with Crippen LogP contribution in [0.5, 0.6) is 0 Å². The van der Waals surface area contributed by atoms with Crippen molar-refractivity contribution in [3.63, 3.8) is 0 Å². The second kappa shape index (κ2) is 6.73. The van der Waals surface area contributed by atoms with Crippen LogP contribution in [-0.2, 0) is 18.1 Å².